The molecule has 0 radical (unpaired) electrons. The van der Waals surface area contributed by atoms with Crippen molar-refractivity contribution in [2.75, 3.05) is 6.54 Å². The topological polar surface area (TPSA) is 63.9 Å². The van der Waals surface area contributed by atoms with Crippen LogP contribution in [0, 0.1) is 6.92 Å². The molecule has 3 aromatic rings. The molecule has 1 fully saturated rings. The lowest BCUT2D eigenvalue weighted by Crippen LogP contribution is -2.42. The molecule has 0 saturated carbocycles. The molecule has 0 aliphatic carbocycles. The number of carbonyl (C=O) groups excluding carboxylic acids is 1. The minimum atomic E-state index is 0.0513. The summed E-state index contributed by atoms with van der Waals surface area (Å²) in [6.45, 7) is 4.83. The number of carbonyl (C=O) groups is 1. The van der Waals surface area contributed by atoms with Crippen LogP contribution in [0.3, 0.4) is 0 Å². The van der Waals surface area contributed by atoms with E-state index in [1.54, 1.807) is 28.4 Å². The van der Waals surface area contributed by atoms with E-state index in [9.17, 15) is 4.79 Å². The van der Waals surface area contributed by atoms with Gasteiger partial charge in [0.05, 0.1) is 28.0 Å². The number of thiophene rings is 1. The van der Waals surface area contributed by atoms with E-state index in [1.165, 1.54) is 6.42 Å². The second kappa shape index (κ2) is 6.99. The van der Waals surface area contributed by atoms with Crippen molar-refractivity contribution in [1.82, 2.24) is 24.6 Å². The van der Waals surface area contributed by atoms with E-state index in [1.807, 2.05) is 35.4 Å². The maximum absolute atomic E-state index is 13.0. The van der Waals surface area contributed by atoms with Gasteiger partial charge in [-0.15, -0.1) is 11.3 Å². The fourth-order valence-electron chi connectivity index (χ4n) is 3.39. The fourth-order valence-corrected chi connectivity index (χ4v) is 4.08. The molecule has 0 unspecified atom stereocenters. The average molecular weight is 367 g/mol. The zero-order chi connectivity index (χ0) is 18.1. The van der Waals surface area contributed by atoms with Crippen LogP contribution in [0.2, 0.25) is 0 Å². The van der Waals surface area contributed by atoms with E-state index in [-0.39, 0.29) is 11.9 Å². The van der Waals surface area contributed by atoms with Crippen molar-refractivity contribution in [3.63, 3.8) is 0 Å². The predicted molar refractivity (Wildman–Crippen MR) is 102 cm³/mol. The lowest BCUT2D eigenvalue weighted by molar-refractivity contribution is 0.0635. The van der Waals surface area contributed by atoms with Gasteiger partial charge in [-0.05, 0) is 50.6 Å². The molecule has 1 atom stereocenters. The van der Waals surface area contributed by atoms with Crippen molar-refractivity contribution in [2.45, 2.75) is 39.2 Å². The zero-order valence-electron chi connectivity index (χ0n) is 14.9. The summed E-state index contributed by atoms with van der Waals surface area (Å²) in [7, 11) is 0. The van der Waals surface area contributed by atoms with Crippen molar-refractivity contribution in [3.8, 4) is 16.5 Å². The monoisotopic (exact) mass is 367 g/mol. The number of hydrogen-bond donors (Lipinski definition) is 0. The molecule has 1 amide bonds. The Morgan fingerprint density at radius 3 is 2.96 bits per heavy atom. The summed E-state index contributed by atoms with van der Waals surface area (Å²) in [4.78, 5) is 25.0. The summed E-state index contributed by atoms with van der Waals surface area (Å²) < 4.78 is 1.65. The summed E-state index contributed by atoms with van der Waals surface area (Å²) >= 11 is 1.63. The first kappa shape index (κ1) is 16.9. The maximum atomic E-state index is 13.0. The number of rotatable bonds is 3. The van der Waals surface area contributed by atoms with Crippen LogP contribution in [-0.2, 0) is 0 Å². The Kier molecular flexibility index (Phi) is 4.55. The summed E-state index contributed by atoms with van der Waals surface area (Å²) in [5.41, 5.74) is 2.26. The Morgan fingerprint density at radius 2 is 2.19 bits per heavy atom. The van der Waals surface area contributed by atoms with Gasteiger partial charge in [-0.3, -0.25) is 4.79 Å². The molecule has 0 N–H and O–H groups in total. The average Bonchev–Trinajstić information content (AvgIpc) is 3.32. The van der Waals surface area contributed by atoms with Crippen molar-refractivity contribution in [3.05, 3.63) is 47.2 Å². The minimum Gasteiger partial charge on any atom is -0.336 e. The number of amides is 1. The number of aromatic nitrogens is 4. The van der Waals surface area contributed by atoms with E-state index < -0.39 is 0 Å². The summed E-state index contributed by atoms with van der Waals surface area (Å²) in [6.07, 6.45) is 6.68. The molecule has 1 saturated heterocycles. The Morgan fingerprint density at radius 1 is 1.31 bits per heavy atom. The van der Waals surface area contributed by atoms with Crippen molar-refractivity contribution < 1.29 is 4.79 Å². The van der Waals surface area contributed by atoms with Gasteiger partial charge in [0.15, 0.2) is 0 Å². The fraction of sp³-hybridized carbons (Fsp3) is 0.368. The van der Waals surface area contributed by atoms with E-state index in [4.69, 9.17) is 0 Å². The lowest BCUT2D eigenvalue weighted by Gasteiger charge is -2.33. The first-order valence-corrected chi connectivity index (χ1v) is 9.76. The van der Waals surface area contributed by atoms with Gasteiger partial charge >= 0.3 is 0 Å². The van der Waals surface area contributed by atoms with Crippen molar-refractivity contribution >= 4 is 17.2 Å². The molecule has 26 heavy (non-hydrogen) atoms. The van der Waals surface area contributed by atoms with Gasteiger partial charge in [0, 0.05) is 18.8 Å². The number of hydrogen-bond acceptors (Lipinski definition) is 5. The van der Waals surface area contributed by atoms with E-state index in [2.05, 4.69) is 22.0 Å². The highest BCUT2D eigenvalue weighted by Gasteiger charge is 2.27. The molecule has 0 spiro atoms. The number of likely N-dealkylation sites (tertiary alicyclic amines) is 1. The van der Waals surface area contributed by atoms with E-state index in [0.29, 0.717) is 11.5 Å². The SMILES string of the molecule is Cc1c(C(=O)N2CCCC[C@@H]2C)cnn1-c1nccc(-c2cccs2)n1. The summed E-state index contributed by atoms with van der Waals surface area (Å²) in [5, 5.41) is 6.42. The highest BCUT2D eigenvalue weighted by molar-refractivity contribution is 7.13. The molecule has 1 aliphatic rings. The van der Waals surface area contributed by atoms with Crippen LogP contribution in [-0.4, -0.2) is 43.1 Å². The summed E-state index contributed by atoms with van der Waals surface area (Å²) in [5.74, 6) is 0.537. The molecule has 1 aliphatic heterocycles. The highest BCUT2D eigenvalue weighted by Crippen LogP contribution is 2.24. The van der Waals surface area contributed by atoms with Crippen LogP contribution in [0.4, 0.5) is 0 Å². The quantitative estimate of drug-likeness (QED) is 0.708. The van der Waals surface area contributed by atoms with E-state index >= 15 is 0 Å². The molecule has 4 heterocycles. The lowest BCUT2D eigenvalue weighted by atomic mass is 10.0. The number of nitrogens with zero attached hydrogens (tertiary/aromatic N) is 5. The van der Waals surface area contributed by atoms with Gasteiger partial charge in [-0.25, -0.2) is 14.6 Å². The first-order chi connectivity index (χ1) is 12.6. The zero-order valence-corrected chi connectivity index (χ0v) is 15.7. The Bertz CT molecular complexity index is 918. The molecular weight excluding hydrogens is 346 g/mol. The van der Waals surface area contributed by atoms with E-state index in [0.717, 1.165) is 35.7 Å². The molecular formula is C19H21N5OS. The van der Waals surface area contributed by atoms with Gasteiger partial charge in [0.1, 0.15) is 0 Å². The second-order valence-electron chi connectivity index (χ2n) is 6.62. The molecule has 0 aromatic carbocycles. The third kappa shape index (κ3) is 3.03. The molecule has 134 valence electrons. The standard InChI is InChI=1S/C19H21N5OS/c1-13-6-3-4-10-23(13)18(25)15-12-21-24(14(15)2)19-20-9-8-16(22-19)17-7-5-11-26-17/h5,7-9,11-13H,3-4,6,10H2,1-2H3/t13-/m0/s1. The van der Waals surface area contributed by atoms with Crippen molar-refractivity contribution in [1.29, 1.82) is 0 Å². The predicted octanol–water partition coefficient (Wildman–Crippen LogP) is 3.71. The van der Waals surface area contributed by atoms with Gasteiger partial charge < -0.3 is 4.90 Å². The molecule has 7 heteroatoms. The Hall–Kier alpha value is -2.54. The maximum Gasteiger partial charge on any atom is 0.257 e. The van der Waals surface area contributed by atoms with Crippen LogP contribution < -0.4 is 0 Å². The van der Waals surface area contributed by atoms with Crippen LogP contribution in [0.1, 0.15) is 42.2 Å². The van der Waals surface area contributed by atoms with Gasteiger partial charge in [-0.2, -0.15) is 5.10 Å². The number of piperidine rings is 1. The highest BCUT2D eigenvalue weighted by atomic mass is 32.1. The third-order valence-electron chi connectivity index (χ3n) is 4.91. The molecule has 0 bridgehead atoms. The summed E-state index contributed by atoms with van der Waals surface area (Å²) in [6, 6.07) is 6.18. The Balaban J connectivity index is 1.65. The second-order valence-corrected chi connectivity index (χ2v) is 7.57. The van der Waals surface area contributed by atoms with Gasteiger partial charge in [-0.1, -0.05) is 6.07 Å². The van der Waals surface area contributed by atoms with Gasteiger partial charge in [0.25, 0.3) is 11.9 Å². The van der Waals surface area contributed by atoms with Crippen molar-refractivity contribution in [2.24, 2.45) is 0 Å². The van der Waals surface area contributed by atoms with Crippen LogP contribution in [0.5, 0.6) is 0 Å². The van der Waals surface area contributed by atoms with Crippen LogP contribution in [0.25, 0.3) is 16.5 Å². The molecule has 4 rings (SSSR count). The molecule has 3 aromatic heterocycles. The largest absolute Gasteiger partial charge is 0.336 e. The first-order valence-electron chi connectivity index (χ1n) is 8.88. The third-order valence-corrected chi connectivity index (χ3v) is 5.80. The smallest absolute Gasteiger partial charge is 0.257 e. The Labute approximate surface area is 156 Å². The van der Waals surface area contributed by atoms with Crippen LogP contribution in [0.15, 0.2) is 36.0 Å². The van der Waals surface area contributed by atoms with Crippen LogP contribution >= 0.6 is 11.3 Å². The molecule has 6 nitrogen and oxygen atoms in total. The minimum absolute atomic E-state index is 0.0513. The normalized spacial score (nSPS) is 17.5. The van der Waals surface area contributed by atoms with Gasteiger partial charge in [0.2, 0.25) is 0 Å².